The molecule has 0 bridgehead atoms. The number of benzene rings is 3. The van der Waals surface area contributed by atoms with E-state index in [1.165, 1.54) is 0 Å². The fourth-order valence-electron chi connectivity index (χ4n) is 2.10. The van der Waals surface area contributed by atoms with Gasteiger partial charge in [-0.05, 0) is 24.3 Å². The van der Waals surface area contributed by atoms with Crippen LogP contribution >= 0.6 is 0 Å². The van der Waals surface area contributed by atoms with E-state index < -0.39 is 0 Å². The van der Waals surface area contributed by atoms with E-state index in [1.807, 2.05) is 78.9 Å². The molecule has 0 unspecified atom stereocenters. The number of para-hydroxylation sites is 4. The molecule has 3 aromatic carbocycles. The predicted molar refractivity (Wildman–Crippen MR) is 97.5 cm³/mol. The molecule has 0 aliphatic rings. The van der Waals surface area contributed by atoms with Crippen molar-refractivity contribution in [2.75, 3.05) is 0 Å². The number of imidazole rings is 2. The van der Waals surface area contributed by atoms with Gasteiger partial charge in [-0.3, -0.25) is 0 Å². The maximum Gasteiger partial charge on any atom is 0.0931 e. The summed E-state index contributed by atoms with van der Waals surface area (Å²) >= 11 is 0. The number of fused-ring (bicyclic) bond motifs is 2. The molecule has 128 valence electrons. The fraction of sp³-hybridized carbons (Fsp3) is 0. The normalized spacial score (nSPS) is 9.28. The molecule has 2 N–H and O–H groups in total. The van der Waals surface area contributed by atoms with Crippen LogP contribution in [0.4, 0.5) is 0 Å². The second-order valence-electron chi connectivity index (χ2n) is 4.92. The summed E-state index contributed by atoms with van der Waals surface area (Å²) in [5.74, 6) is 0. The summed E-state index contributed by atoms with van der Waals surface area (Å²) in [7, 11) is 0. The molecule has 0 saturated carbocycles. The van der Waals surface area contributed by atoms with Gasteiger partial charge >= 0.3 is 0 Å². The maximum atomic E-state index is 4.06. The van der Waals surface area contributed by atoms with Gasteiger partial charge in [0.05, 0.1) is 34.7 Å². The van der Waals surface area contributed by atoms with Crippen LogP contribution in [-0.4, -0.2) is 19.9 Å². The van der Waals surface area contributed by atoms with Crippen LogP contribution in [0.25, 0.3) is 22.1 Å². The molecule has 4 nitrogen and oxygen atoms in total. The number of nitrogens with one attached hydrogen (secondary N) is 2. The Morgan fingerprint density at radius 2 is 1.08 bits per heavy atom. The van der Waals surface area contributed by atoms with Gasteiger partial charge in [0.1, 0.15) is 0 Å². The number of rotatable bonds is 0. The third-order valence-corrected chi connectivity index (χ3v) is 3.26. The van der Waals surface area contributed by atoms with E-state index in [2.05, 4.69) is 26.0 Å². The number of hydrogen-bond acceptors (Lipinski definition) is 2. The van der Waals surface area contributed by atoms with Crippen molar-refractivity contribution in [1.29, 1.82) is 0 Å². The minimum absolute atomic E-state index is 0. The van der Waals surface area contributed by atoms with Crippen molar-refractivity contribution in [3.63, 3.8) is 0 Å². The van der Waals surface area contributed by atoms with Crippen LogP contribution in [-0.2, 0) is 21.1 Å². The molecule has 0 amide bonds. The smallest absolute Gasteiger partial charge is 0.0931 e. The van der Waals surface area contributed by atoms with Crippen LogP contribution < -0.4 is 0 Å². The zero-order valence-electron chi connectivity index (χ0n) is 13.4. The zero-order valence-corrected chi connectivity index (χ0v) is 15.6. The molecule has 0 radical (unpaired) electrons. The van der Waals surface area contributed by atoms with E-state index in [-0.39, 0.29) is 21.1 Å². The minimum atomic E-state index is 0. The van der Waals surface area contributed by atoms with Gasteiger partial charge in [0.2, 0.25) is 0 Å². The molecular weight excluding hydrogens is 491 g/mol. The number of H-pyrrole nitrogens is 2. The molecule has 0 aliphatic carbocycles. The summed E-state index contributed by atoms with van der Waals surface area (Å²) < 4.78 is 0. The average Bonchev–Trinajstić information content (AvgIpc) is 3.33. The molecule has 0 fully saturated rings. The Morgan fingerprint density at radius 3 is 1.44 bits per heavy atom. The molecule has 2 aromatic heterocycles. The van der Waals surface area contributed by atoms with Crippen molar-refractivity contribution in [2.45, 2.75) is 0 Å². The van der Waals surface area contributed by atoms with E-state index in [1.54, 1.807) is 12.7 Å². The van der Waals surface area contributed by atoms with Crippen molar-refractivity contribution in [2.24, 2.45) is 0 Å². The van der Waals surface area contributed by atoms with Gasteiger partial charge < -0.3 is 9.97 Å². The molecule has 0 saturated heterocycles. The van der Waals surface area contributed by atoms with Gasteiger partial charge in [0, 0.05) is 21.1 Å². The van der Waals surface area contributed by atoms with Gasteiger partial charge in [-0.2, -0.15) is 36.4 Å². The van der Waals surface area contributed by atoms with Crippen LogP contribution in [0.1, 0.15) is 0 Å². The van der Waals surface area contributed by atoms with Gasteiger partial charge in [-0.15, -0.1) is 0 Å². The number of hydrogen-bond donors (Lipinski definition) is 2. The van der Waals surface area contributed by atoms with E-state index in [4.69, 9.17) is 0 Å². The maximum absolute atomic E-state index is 4.06. The van der Waals surface area contributed by atoms with Crippen LogP contribution in [0.3, 0.4) is 0 Å². The van der Waals surface area contributed by atoms with Gasteiger partial charge in [0.25, 0.3) is 0 Å². The molecule has 0 aliphatic heterocycles. The van der Waals surface area contributed by atoms with Crippen molar-refractivity contribution in [3.8, 4) is 0 Å². The number of nitrogens with zero attached hydrogens (tertiary/aromatic N) is 2. The van der Waals surface area contributed by atoms with E-state index in [0.717, 1.165) is 22.1 Å². The Hall–Kier alpha value is -2.71. The topological polar surface area (TPSA) is 57.4 Å². The Bertz CT molecular complexity index is 823. The summed E-state index contributed by atoms with van der Waals surface area (Å²) in [6.45, 7) is 0. The van der Waals surface area contributed by atoms with E-state index in [9.17, 15) is 0 Å². The minimum Gasteiger partial charge on any atom is -0.345 e. The first-order chi connectivity index (χ1) is 11.9. The summed E-state index contributed by atoms with van der Waals surface area (Å²) in [4.78, 5) is 14.1. The van der Waals surface area contributed by atoms with Crippen molar-refractivity contribution in [1.82, 2.24) is 19.9 Å². The van der Waals surface area contributed by atoms with Gasteiger partial charge in [0.15, 0.2) is 0 Å². The number of aromatic nitrogens is 4. The molecule has 25 heavy (non-hydrogen) atoms. The van der Waals surface area contributed by atoms with Crippen LogP contribution in [0.2, 0.25) is 0 Å². The van der Waals surface area contributed by atoms with E-state index >= 15 is 0 Å². The fourth-order valence-corrected chi connectivity index (χ4v) is 2.10. The molecule has 5 aromatic rings. The van der Waals surface area contributed by atoms with Crippen molar-refractivity contribution >= 4 is 22.1 Å². The Balaban J connectivity index is 0.000000136. The standard InChI is InChI=1S/2C7H6N2.C6H5.Pt/c2*1-2-4-7-6(3-1)8-5-9-7;1-2-4-6-5-3-1;/h2*1-5H,(H,8,9);1-5H;/q;;-1;. The van der Waals surface area contributed by atoms with Crippen LogP contribution in [0.15, 0.2) is 91.5 Å². The third kappa shape index (κ3) is 5.70. The van der Waals surface area contributed by atoms with Crippen LogP contribution in [0.5, 0.6) is 0 Å². The molecule has 0 atom stereocenters. The molecule has 0 spiro atoms. The first-order valence-electron chi connectivity index (χ1n) is 7.61. The second-order valence-corrected chi connectivity index (χ2v) is 4.92. The predicted octanol–water partition coefficient (Wildman–Crippen LogP) is 4.61. The van der Waals surface area contributed by atoms with Gasteiger partial charge in [-0.1, -0.05) is 24.3 Å². The third-order valence-electron chi connectivity index (χ3n) is 3.26. The van der Waals surface area contributed by atoms with Crippen LogP contribution in [0, 0.1) is 6.07 Å². The summed E-state index contributed by atoms with van der Waals surface area (Å²) in [6.07, 6.45) is 3.40. The molecular formula is C20H17N4Pt-. The van der Waals surface area contributed by atoms with Crippen molar-refractivity contribution in [3.05, 3.63) is 97.6 Å². The largest absolute Gasteiger partial charge is 0.345 e. The quantitative estimate of drug-likeness (QED) is 0.300. The Kier molecular flexibility index (Phi) is 7.61. The number of aromatic amines is 2. The molecule has 2 heterocycles. The Morgan fingerprint density at radius 1 is 0.600 bits per heavy atom. The summed E-state index contributed by atoms with van der Waals surface area (Å²) in [5, 5.41) is 0. The van der Waals surface area contributed by atoms with Crippen molar-refractivity contribution < 1.29 is 21.1 Å². The second kappa shape index (κ2) is 10.2. The first kappa shape index (κ1) is 18.6. The molecule has 5 heteroatoms. The molecule has 5 rings (SSSR count). The first-order valence-corrected chi connectivity index (χ1v) is 7.61. The van der Waals surface area contributed by atoms with Gasteiger partial charge in [-0.25, -0.2) is 9.97 Å². The zero-order chi connectivity index (χ0) is 16.5. The SMILES string of the molecule is [Pt].[c-]1ccccc1.c1ccc2[nH]cnc2c1.c1ccc2[nH]cnc2c1. The summed E-state index contributed by atoms with van der Waals surface area (Å²) in [5.41, 5.74) is 4.24. The van der Waals surface area contributed by atoms with E-state index in [0.29, 0.717) is 0 Å². The monoisotopic (exact) mass is 508 g/mol. The summed E-state index contributed by atoms with van der Waals surface area (Å²) in [6, 6.07) is 28.4. The average molecular weight is 508 g/mol. The Labute approximate surface area is 160 Å².